The minimum absolute atomic E-state index is 0.280. The number of benzene rings is 2. The van der Waals surface area contributed by atoms with Crippen molar-refractivity contribution in [1.29, 1.82) is 0 Å². The highest BCUT2D eigenvalue weighted by atomic mass is 16.2. The number of rotatable bonds is 2. The van der Waals surface area contributed by atoms with Gasteiger partial charge >= 0.3 is 5.69 Å². The summed E-state index contributed by atoms with van der Waals surface area (Å²) in [6, 6.07) is 14.4. The topological polar surface area (TPSA) is 48.9 Å². The zero-order valence-corrected chi connectivity index (χ0v) is 16.8. The highest BCUT2D eigenvalue weighted by Crippen LogP contribution is 2.31. The van der Waals surface area contributed by atoms with E-state index in [4.69, 9.17) is 0 Å². The Morgan fingerprint density at radius 1 is 0.786 bits per heavy atom. The van der Waals surface area contributed by atoms with Gasteiger partial charge in [-0.15, -0.1) is 0 Å². The smallest absolute Gasteiger partial charge is 0.314 e. The lowest BCUT2D eigenvalue weighted by molar-refractivity contribution is 0.714. The van der Waals surface area contributed by atoms with Crippen LogP contribution in [0.4, 0.5) is 0 Å². The van der Waals surface area contributed by atoms with Crippen LogP contribution in [0, 0.1) is 20.8 Å². The fourth-order valence-electron chi connectivity index (χ4n) is 3.91. The molecule has 2 aromatic carbocycles. The van der Waals surface area contributed by atoms with Crippen LogP contribution in [0.15, 0.2) is 58.3 Å². The van der Waals surface area contributed by atoms with Gasteiger partial charge in [-0.2, -0.15) is 0 Å². The van der Waals surface area contributed by atoms with Gasteiger partial charge in [0.15, 0.2) is 0 Å². The summed E-state index contributed by atoms with van der Waals surface area (Å²) in [5.41, 5.74) is 6.15. The van der Waals surface area contributed by atoms with E-state index in [1.807, 2.05) is 35.9 Å². The maximum absolute atomic E-state index is 13.1. The Bertz CT molecular complexity index is 1330. The van der Waals surface area contributed by atoms with Crippen LogP contribution in [0.2, 0.25) is 0 Å². The molecule has 0 bridgehead atoms. The standard InChI is InChI=1S/C23H23N3O2/c1-14-7-6-8-17(10-14)21-20-19(24(4)23(28)25(5)22(20)27)13-26(21)18-11-15(2)9-16(3)12-18/h6-13H,1-5H3. The van der Waals surface area contributed by atoms with Crippen LogP contribution in [0.1, 0.15) is 16.7 Å². The van der Waals surface area contributed by atoms with E-state index in [9.17, 15) is 9.59 Å². The van der Waals surface area contributed by atoms with E-state index >= 15 is 0 Å². The van der Waals surface area contributed by atoms with Crippen LogP contribution in [-0.2, 0) is 14.1 Å². The molecule has 5 nitrogen and oxygen atoms in total. The Morgan fingerprint density at radius 2 is 1.46 bits per heavy atom. The Labute approximate surface area is 163 Å². The van der Waals surface area contributed by atoms with Gasteiger partial charge in [-0.1, -0.05) is 29.8 Å². The van der Waals surface area contributed by atoms with E-state index in [0.29, 0.717) is 10.9 Å². The molecule has 0 aliphatic heterocycles. The molecule has 142 valence electrons. The Kier molecular flexibility index (Phi) is 4.11. The zero-order chi connectivity index (χ0) is 20.2. The van der Waals surface area contributed by atoms with E-state index in [-0.39, 0.29) is 11.2 Å². The van der Waals surface area contributed by atoms with Crippen LogP contribution in [0.3, 0.4) is 0 Å². The van der Waals surface area contributed by atoms with Crippen LogP contribution < -0.4 is 11.2 Å². The number of hydrogen-bond donors (Lipinski definition) is 0. The van der Waals surface area contributed by atoms with Gasteiger partial charge < -0.3 is 4.57 Å². The maximum Gasteiger partial charge on any atom is 0.330 e. The molecule has 0 amide bonds. The number of hydrogen-bond acceptors (Lipinski definition) is 2. The summed E-state index contributed by atoms with van der Waals surface area (Å²) >= 11 is 0. The highest BCUT2D eigenvalue weighted by Gasteiger charge is 2.20. The first-order valence-corrected chi connectivity index (χ1v) is 9.24. The van der Waals surface area contributed by atoms with Gasteiger partial charge in [-0.25, -0.2) is 4.79 Å². The van der Waals surface area contributed by atoms with E-state index < -0.39 is 0 Å². The van der Waals surface area contributed by atoms with Crippen molar-refractivity contribution in [2.75, 3.05) is 0 Å². The minimum atomic E-state index is -0.328. The first-order valence-electron chi connectivity index (χ1n) is 9.24. The first-order chi connectivity index (χ1) is 13.3. The molecule has 0 unspecified atom stereocenters. The van der Waals surface area contributed by atoms with Crippen molar-refractivity contribution in [3.63, 3.8) is 0 Å². The molecular formula is C23H23N3O2. The van der Waals surface area contributed by atoms with Crippen LogP contribution in [0.25, 0.3) is 27.8 Å². The van der Waals surface area contributed by atoms with Crippen LogP contribution in [-0.4, -0.2) is 13.7 Å². The Balaban J connectivity index is 2.23. The molecule has 0 N–H and O–H groups in total. The number of fused-ring (bicyclic) bond motifs is 1. The summed E-state index contributed by atoms with van der Waals surface area (Å²) < 4.78 is 4.74. The third-order valence-electron chi connectivity index (χ3n) is 5.22. The van der Waals surface area contributed by atoms with Crippen molar-refractivity contribution in [2.24, 2.45) is 14.1 Å². The van der Waals surface area contributed by atoms with Gasteiger partial charge in [0.25, 0.3) is 5.56 Å². The van der Waals surface area contributed by atoms with E-state index in [1.165, 1.54) is 16.2 Å². The quantitative estimate of drug-likeness (QED) is 0.539. The summed E-state index contributed by atoms with van der Waals surface area (Å²) in [6.07, 6.45) is 1.89. The van der Waals surface area contributed by atoms with Crippen molar-refractivity contribution in [2.45, 2.75) is 20.8 Å². The molecule has 0 atom stereocenters. The zero-order valence-electron chi connectivity index (χ0n) is 16.8. The number of aryl methyl sites for hydroxylation is 4. The van der Waals surface area contributed by atoms with Gasteiger partial charge in [0.2, 0.25) is 0 Å². The summed E-state index contributed by atoms with van der Waals surface area (Å²) in [6.45, 7) is 6.14. The van der Waals surface area contributed by atoms with Gasteiger partial charge in [-0.3, -0.25) is 13.9 Å². The number of nitrogens with zero attached hydrogens (tertiary/aromatic N) is 3. The molecule has 0 radical (unpaired) electrons. The first kappa shape index (κ1) is 18.0. The summed E-state index contributed by atoms with van der Waals surface area (Å²) in [5, 5.41) is 0.550. The fraction of sp³-hybridized carbons (Fsp3) is 0.217. The second kappa shape index (κ2) is 6.37. The maximum atomic E-state index is 13.1. The molecule has 2 aromatic heterocycles. The molecule has 0 saturated carbocycles. The Hall–Kier alpha value is -3.34. The molecule has 0 aliphatic carbocycles. The predicted octanol–water partition coefficient (Wildman–Crippen LogP) is 3.62. The van der Waals surface area contributed by atoms with E-state index in [2.05, 4.69) is 38.1 Å². The average Bonchev–Trinajstić information content (AvgIpc) is 3.05. The molecule has 2 heterocycles. The van der Waals surface area contributed by atoms with Crippen molar-refractivity contribution in [1.82, 2.24) is 13.7 Å². The fourth-order valence-corrected chi connectivity index (χ4v) is 3.91. The monoisotopic (exact) mass is 373 g/mol. The molecule has 5 heteroatoms. The van der Waals surface area contributed by atoms with Crippen molar-refractivity contribution >= 4 is 10.9 Å². The largest absolute Gasteiger partial charge is 0.330 e. The Morgan fingerprint density at radius 3 is 2.11 bits per heavy atom. The predicted molar refractivity (Wildman–Crippen MR) is 113 cm³/mol. The lowest BCUT2D eigenvalue weighted by Crippen LogP contribution is -2.36. The third kappa shape index (κ3) is 2.71. The second-order valence-corrected chi connectivity index (χ2v) is 7.53. The second-order valence-electron chi connectivity index (χ2n) is 7.53. The molecule has 0 aliphatic rings. The van der Waals surface area contributed by atoms with Crippen molar-refractivity contribution < 1.29 is 0 Å². The van der Waals surface area contributed by atoms with Gasteiger partial charge in [0.1, 0.15) is 0 Å². The average molecular weight is 373 g/mol. The third-order valence-corrected chi connectivity index (χ3v) is 5.22. The van der Waals surface area contributed by atoms with Crippen LogP contribution in [0.5, 0.6) is 0 Å². The number of aromatic nitrogens is 3. The molecule has 4 aromatic rings. The summed E-state index contributed by atoms with van der Waals surface area (Å²) in [7, 11) is 3.23. The molecule has 4 rings (SSSR count). The normalized spacial score (nSPS) is 11.3. The van der Waals surface area contributed by atoms with Gasteiger partial charge in [0, 0.05) is 26.0 Å². The molecule has 0 spiro atoms. The molecular weight excluding hydrogens is 350 g/mol. The molecule has 28 heavy (non-hydrogen) atoms. The van der Waals surface area contributed by atoms with Crippen molar-refractivity contribution in [3.8, 4) is 16.9 Å². The minimum Gasteiger partial charge on any atom is -0.314 e. The molecule has 0 saturated heterocycles. The van der Waals surface area contributed by atoms with Gasteiger partial charge in [-0.05, 0) is 55.7 Å². The highest BCUT2D eigenvalue weighted by molar-refractivity contribution is 5.95. The SMILES string of the molecule is Cc1cccc(-c2c3c(=O)n(C)c(=O)n(C)c3cn2-c2cc(C)cc(C)c2)c1. The van der Waals surface area contributed by atoms with E-state index in [0.717, 1.165) is 33.6 Å². The lowest BCUT2D eigenvalue weighted by atomic mass is 10.1. The summed E-state index contributed by atoms with van der Waals surface area (Å²) in [5.74, 6) is 0. The lowest BCUT2D eigenvalue weighted by Gasteiger charge is -2.12. The van der Waals surface area contributed by atoms with Gasteiger partial charge in [0.05, 0.1) is 16.6 Å². The van der Waals surface area contributed by atoms with Crippen molar-refractivity contribution in [3.05, 3.63) is 86.2 Å². The molecule has 0 fully saturated rings. The summed E-state index contributed by atoms with van der Waals surface area (Å²) in [4.78, 5) is 25.6. The van der Waals surface area contributed by atoms with Crippen LogP contribution >= 0.6 is 0 Å². The van der Waals surface area contributed by atoms with E-state index in [1.54, 1.807) is 7.05 Å².